The van der Waals surface area contributed by atoms with Crippen LogP contribution in [0.25, 0.3) is 0 Å². The number of nitrogens with one attached hydrogen (secondary N) is 1. The van der Waals surface area contributed by atoms with Gasteiger partial charge in [-0.05, 0) is 113 Å². The lowest BCUT2D eigenvalue weighted by Crippen LogP contribution is -2.50. The maximum Gasteiger partial charge on any atom is 0.265 e. The number of hydrogen-bond acceptors (Lipinski definition) is 8. The normalized spacial score (nSPS) is 28.8. The van der Waals surface area contributed by atoms with Gasteiger partial charge in [0.1, 0.15) is 11.4 Å². The van der Waals surface area contributed by atoms with Crippen molar-refractivity contribution < 1.29 is 27.4 Å². The molecule has 1 amide bonds. The van der Waals surface area contributed by atoms with Gasteiger partial charge in [-0.2, -0.15) is 0 Å². The Labute approximate surface area is 278 Å². The monoisotopic (exact) mass is 671 g/mol. The number of carbonyl (C=O) groups is 1. The van der Waals surface area contributed by atoms with Crippen LogP contribution in [0.2, 0.25) is 5.02 Å². The van der Waals surface area contributed by atoms with Crippen molar-refractivity contribution in [1.82, 2.24) is 9.62 Å². The second-order valence-corrected chi connectivity index (χ2v) is 16.2. The largest absolute Gasteiger partial charge is 0.490 e. The average Bonchev–Trinajstić information content (AvgIpc) is 3.13. The number of sulfonamides is 1. The fourth-order valence-electron chi connectivity index (χ4n) is 7.31. The number of benzene rings is 2. The molecule has 2 aromatic rings. The van der Waals surface area contributed by atoms with E-state index in [1.807, 2.05) is 26.2 Å². The maximum atomic E-state index is 13.6. The summed E-state index contributed by atoms with van der Waals surface area (Å²) in [5, 5.41) is 0.731. The molecule has 46 heavy (non-hydrogen) atoms. The summed E-state index contributed by atoms with van der Waals surface area (Å²) < 4.78 is 48.4. The number of rotatable bonds is 4. The number of anilines is 1. The summed E-state index contributed by atoms with van der Waals surface area (Å²) in [7, 11) is -0.117. The van der Waals surface area contributed by atoms with Crippen LogP contribution in [-0.4, -0.2) is 84.5 Å². The quantitative estimate of drug-likeness (QED) is 0.456. The smallest absolute Gasteiger partial charge is 0.265 e. The molecule has 6 rings (SSSR count). The van der Waals surface area contributed by atoms with Crippen molar-refractivity contribution in [2.75, 3.05) is 58.5 Å². The van der Waals surface area contributed by atoms with Crippen LogP contribution < -0.4 is 14.4 Å². The molecule has 1 spiro atoms. The molecule has 0 saturated heterocycles. The molecule has 2 heterocycles. The lowest BCUT2D eigenvalue weighted by Gasteiger charge is -2.46. The Morgan fingerprint density at radius 2 is 1.98 bits per heavy atom. The molecule has 0 unspecified atom stereocenters. The first-order valence-electron chi connectivity index (χ1n) is 16.3. The SMILES string of the molecule is CN(C)CCO[C@H]1C=CCOC(C)(C)C(=O)NS(=O)(=O)c2ccc3c(c2)N(C[C@@H]2CC[C@H]21)C[C@@]1(CCCc2cc(Cl)ccc21)CO3. The van der Waals surface area contributed by atoms with Crippen LogP contribution in [0.3, 0.4) is 0 Å². The maximum absolute atomic E-state index is 13.6. The molecule has 1 saturated carbocycles. The molecule has 2 bridgehead atoms. The zero-order valence-electron chi connectivity index (χ0n) is 27.3. The Bertz CT molecular complexity index is 1590. The minimum atomic E-state index is -4.18. The number of nitrogens with zero attached hydrogens (tertiary/aromatic N) is 2. The first kappa shape index (κ1) is 33.3. The van der Waals surface area contributed by atoms with E-state index in [0.29, 0.717) is 31.4 Å². The fraction of sp³-hybridized carbons (Fsp3) is 0.571. The lowest BCUT2D eigenvalue weighted by molar-refractivity contribution is -0.139. The van der Waals surface area contributed by atoms with Gasteiger partial charge in [0.15, 0.2) is 0 Å². The van der Waals surface area contributed by atoms with Crippen LogP contribution in [-0.2, 0) is 36.1 Å². The number of hydrogen-bond donors (Lipinski definition) is 1. The first-order valence-corrected chi connectivity index (χ1v) is 18.2. The topological polar surface area (TPSA) is 97.4 Å². The van der Waals surface area contributed by atoms with Gasteiger partial charge in [0.25, 0.3) is 15.9 Å². The van der Waals surface area contributed by atoms with E-state index >= 15 is 0 Å². The predicted octanol–water partition coefficient (Wildman–Crippen LogP) is 4.96. The van der Waals surface area contributed by atoms with Crippen LogP contribution in [0.1, 0.15) is 50.7 Å². The van der Waals surface area contributed by atoms with Crippen molar-refractivity contribution in [1.29, 1.82) is 0 Å². The molecule has 2 aliphatic carbocycles. The molecule has 1 N–H and O–H groups in total. The van der Waals surface area contributed by atoms with E-state index in [9.17, 15) is 13.2 Å². The predicted molar refractivity (Wildman–Crippen MR) is 179 cm³/mol. The average molecular weight is 672 g/mol. The Morgan fingerprint density at radius 3 is 2.74 bits per heavy atom. The van der Waals surface area contributed by atoms with Gasteiger partial charge in [0.2, 0.25) is 0 Å². The standard InChI is InChI=1S/C35H46ClN3O6S/c1-34(2)33(40)37-46(41,42)27-11-14-32-30(20-27)39(22-35(23-44-32)15-5-7-24-19-26(36)10-13-29(24)35)21-25-9-12-28(25)31(8-6-17-45-34)43-18-16-38(3)4/h6,8,10-11,13-14,19-20,25,28,31H,5,7,9,12,15-18,21-23H2,1-4H3,(H,37,40)/t25-,28+,31-,35-/m0/s1. The Morgan fingerprint density at radius 1 is 1.15 bits per heavy atom. The van der Waals surface area contributed by atoms with Crippen molar-refractivity contribution in [2.24, 2.45) is 11.8 Å². The lowest BCUT2D eigenvalue weighted by atomic mass is 9.68. The van der Waals surface area contributed by atoms with Crippen LogP contribution >= 0.6 is 11.6 Å². The van der Waals surface area contributed by atoms with Gasteiger partial charge in [-0.15, -0.1) is 0 Å². The molecule has 11 heteroatoms. The third-order valence-corrected chi connectivity index (χ3v) is 11.7. The highest BCUT2D eigenvalue weighted by Crippen LogP contribution is 2.47. The number of fused-ring (bicyclic) bond motifs is 4. The van der Waals surface area contributed by atoms with Crippen LogP contribution in [0.4, 0.5) is 5.69 Å². The van der Waals surface area contributed by atoms with E-state index in [1.165, 1.54) is 17.2 Å². The van der Waals surface area contributed by atoms with Crippen LogP contribution in [0.15, 0.2) is 53.4 Å². The van der Waals surface area contributed by atoms with E-state index < -0.39 is 21.5 Å². The minimum absolute atomic E-state index is 0.0119. The molecular weight excluding hydrogens is 626 g/mol. The van der Waals surface area contributed by atoms with E-state index in [2.05, 4.69) is 32.7 Å². The second-order valence-electron chi connectivity index (χ2n) is 14.1. The van der Waals surface area contributed by atoms with Gasteiger partial charge in [-0.25, -0.2) is 13.1 Å². The molecule has 250 valence electrons. The van der Waals surface area contributed by atoms with Gasteiger partial charge in [-0.1, -0.05) is 29.8 Å². The summed E-state index contributed by atoms with van der Waals surface area (Å²) in [6.07, 6.45) is 8.87. The summed E-state index contributed by atoms with van der Waals surface area (Å²) in [4.78, 5) is 17.7. The van der Waals surface area contributed by atoms with E-state index in [-0.39, 0.29) is 28.9 Å². The van der Waals surface area contributed by atoms with Crippen molar-refractivity contribution in [3.8, 4) is 5.75 Å². The van der Waals surface area contributed by atoms with E-state index in [4.69, 9.17) is 25.8 Å². The van der Waals surface area contributed by atoms with E-state index in [1.54, 1.807) is 26.0 Å². The Hall–Kier alpha value is -2.63. The van der Waals surface area contributed by atoms with Crippen molar-refractivity contribution >= 4 is 33.2 Å². The van der Waals surface area contributed by atoms with Gasteiger partial charge in [0.05, 0.1) is 36.5 Å². The number of amides is 1. The molecule has 9 nitrogen and oxygen atoms in total. The summed E-state index contributed by atoms with van der Waals surface area (Å²) in [5.74, 6) is 0.527. The number of aryl methyl sites for hydroxylation is 1. The van der Waals surface area contributed by atoms with Crippen LogP contribution in [0, 0.1) is 11.8 Å². The summed E-state index contributed by atoms with van der Waals surface area (Å²) in [5.41, 5.74) is 1.57. The van der Waals surface area contributed by atoms with Gasteiger partial charge < -0.3 is 24.0 Å². The van der Waals surface area contributed by atoms with Crippen molar-refractivity contribution in [3.63, 3.8) is 0 Å². The van der Waals surface area contributed by atoms with Gasteiger partial charge in [-0.3, -0.25) is 4.79 Å². The third-order valence-electron chi connectivity index (χ3n) is 10.2. The molecular formula is C35H46ClN3O6S. The summed E-state index contributed by atoms with van der Waals surface area (Å²) in [6, 6.07) is 11.1. The van der Waals surface area contributed by atoms with Crippen molar-refractivity contribution in [2.45, 2.75) is 68.0 Å². The number of likely N-dealkylation sites (N-methyl/N-ethyl adjacent to an activating group) is 1. The number of halogens is 1. The fourth-order valence-corrected chi connectivity index (χ4v) is 8.62. The number of ether oxygens (including phenoxy) is 3. The minimum Gasteiger partial charge on any atom is -0.490 e. The highest BCUT2D eigenvalue weighted by Gasteiger charge is 2.45. The van der Waals surface area contributed by atoms with Gasteiger partial charge >= 0.3 is 0 Å². The van der Waals surface area contributed by atoms with Crippen LogP contribution in [0.5, 0.6) is 5.75 Å². The zero-order chi connectivity index (χ0) is 32.7. The molecule has 4 atom stereocenters. The molecule has 1 fully saturated rings. The summed E-state index contributed by atoms with van der Waals surface area (Å²) in [6.45, 7) is 6.59. The molecule has 4 aliphatic rings. The zero-order valence-corrected chi connectivity index (χ0v) is 28.8. The highest BCUT2D eigenvalue weighted by atomic mass is 35.5. The molecule has 0 aromatic heterocycles. The molecule has 0 radical (unpaired) electrons. The van der Waals surface area contributed by atoms with E-state index in [0.717, 1.165) is 55.9 Å². The van der Waals surface area contributed by atoms with Crippen molar-refractivity contribution in [3.05, 3.63) is 64.7 Å². The van der Waals surface area contributed by atoms with Gasteiger partial charge in [0, 0.05) is 30.1 Å². The molecule has 2 aliphatic heterocycles. The second kappa shape index (κ2) is 13.1. The third kappa shape index (κ3) is 6.83. The summed E-state index contributed by atoms with van der Waals surface area (Å²) >= 11 is 6.43. The first-order chi connectivity index (χ1) is 21.9. The molecule has 2 aromatic carbocycles. The Kier molecular flexibility index (Phi) is 9.48. The number of carbonyl (C=O) groups excluding carboxylic acids is 1. The highest BCUT2D eigenvalue weighted by molar-refractivity contribution is 7.90. The Balaban J connectivity index is 1.41.